The number of carbonyl (C=O) groups excluding carboxylic acids is 1. The molecule has 2 aromatic rings. The smallest absolute Gasteiger partial charge is 0.419 e. The highest BCUT2D eigenvalue weighted by Crippen LogP contribution is 2.36. The minimum atomic E-state index is -4.50. The third-order valence-electron chi connectivity index (χ3n) is 8.34. The monoisotopic (exact) mass is 637 g/mol. The molecule has 1 spiro atoms. The van der Waals surface area contributed by atoms with Crippen LogP contribution in [0.25, 0.3) is 0 Å². The fourth-order valence-corrected chi connectivity index (χ4v) is 6.19. The van der Waals surface area contributed by atoms with Crippen molar-refractivity contribution in [3.8, 4) is 0 Å². The van der Waals surface area contributed by atoms with E-state index in [0.717, 1.165) is 11.9 Å². The van der Waals surface area contributed by atoms with Gasteiger partial charge in [-0.1, -0.05) is 25.4 Å². The summed E-state index contributed by atoms with van der Waals surface area (Å²) in [5.74, 6) is 0.247. The highest BCUT2D eigenvalue weighted by Gasteiger charge is 2.45. The summed E-state index contributed by atoms with van der Waals surface area (Å²) in [6, 6.07) is 6.82. The maximum atomic E-state index is 14.0. The number of carbonyl (C=O) groups is 1. The number of benzene rings is 1. The maximum absolute atomic E-state index is 14.0. The van der Waals surface area contributed by atoms with Crippen LogP contribution in [0.4, 0.5) is 28.2 Å². The lowest BCUT2D eigenvalue weighted by Crippen LogP contribution is -2.57. The van der Waals surface area contributed by atoms with E-state index in [0.29, 0.717) is 69.9 Å². The number of nitrogens with one attached hydrogen (secondary N) is 1. The van der Waals surface area contributed by atoms with Gasteiger partial charge in [-0.2, -0.15) is 13.2 Å². The number of alkyl carbamates (subject to hydrolysis) is 1. The normalized spacial score (nSPS) is 22.1. The number of rotatable bonds is 4. The molecule has 1 N–H and O–H groups in total. The fraction of sp³-hybridized carbons (Fsp3) is 0.500. The second kappa shape index (κ2) is 12.8. The van der Waals surface area contributed by atoms with Gasteiger partial charge < -0.3 is 24.8 Å². The van der Waals surface area contributed by atoms with E-state index in [1.54, 1.807) is 17.0 Å². The molecule has 5 heterocycles. The van der Waals surface area contributed by atoms with E-state index in [1.807, 2.05) is 31.9 Å². The molecule has 0 saturated carbocycles. The Bertz CT molecular complexity index is 1420. The van der Waals surface area contributed by atoms with Gasteiger partial charge in [0.05, 0.1) is 22.8 Å². The average molecular weight is 638 g/mol. The number of likely N-dealkylation sites (tertiary alicyclic amines) is 1. The number of alkyl halides is 3. The number of amides is 1. The molecule has 0 bridgehead atoms. The number of aromatic nitrogens is 1. The van der Waals surface area contributed by atoms with Gasteiger partial charge in [0.15, 0.2) is 6.29 Å². The lowest BCUT2D eigenvalue weighted by molar-refractivity contribution is -0.137. The molecule has 44 heavy (non-hydrogen) atoms. The molecule has 3 fully saturated rings. The van der Waals surface area contributed by atoms with Crippen LogP contribution in [0.5, 0.6) is 0 Å². The number of hydrogen-bond donors (Lipinski definition) is 1. The second-order valence-corrected chi connectivity index (χ2v) is 11.3. The van der Waals surface area contributed by atoms with Crippen LogP contribution < -0.4 is 10.2 Å². The molecular weight excluding hydrogens is 602 g/mol. The number of ether oxygens (including phenoxy) is 1. The Labute approximate surface area is 259 Å². The van der Waals surface area contributed by atoms with Crippen molar-refractivity contribution in [2.45, 2.75) is 44.8 Å². The van der Waals surface area contributed by atoms with E-state index in [4.69, 9.17) is 21.3 Å². The first-order chi connectivity index (χ1) is 21.0. The van der Waals surface area contributed by atoms with Gasteiger partial charge in [0, 0.05) is 77.0 Å². The Balaban J connectivity index is 0.00000188. The van der Waals surface area contributed by atoms with Crippen molar-refractivity contribution >= 4 is 29.2 Å². The largest absolute Gasteiger partial charge is 0.441 e. The highest BCUT2D eigenvalue weighted by molar-refractivity contribution is 6.31. The molecule has 1 atom stereocenters. The number of halogens is 5. The van der Waals surface area contributed by atoms with Crippen molar-refractivity contribution in [3.63, 3.8) is 0 Å². The van der Waals surface area contributed by atoms with E-state index in [1.165, 1.54) is 18.3 Å². The van der Waals surface area contributed by atoms with Gasteiger partial charge in [-0.3, -0.25) is 4.90 Å². The van der Waals surface area contributed by atoms with Gasteiger partial charge in [0.2, 0.25) is 0 Å². The number of pyridine rings is 1. The van der Waals surface area contributed by atoms with Crippen molar-refractivity contribution in [3.05, 3.63) is 70.4 Å². The first kappa shape index (κ1) is 31.8. The van der Waals surface area contributed by atoms with Crippen molar-refractivity contribution in [2.75, 3.05) is 57.8 Å². The summed E-state index contributed by atoms with van der Waals surface area (Å²) in [5.41, 5.74) is 0.00590. The molecule has 0 radical (unpaired) electrons. The lowest BCUT2D eigenvalue weighted by atomic mass is 9.91. The summed E-state index contributed by atoms with van der Waals surface area (Å²) in [7, 11) is 1.93. The van der Waals surface area contributed by atoms with Crippen LogP contribution >= 0.6 is 11.6 Å². The first-order valence-corrected chi connectivity index (χ1v) is 15.1. The van der Waals surface area contributed by atoms with E-state index >= 15 is 0 Å². The molecule has 14 heteroatoms. The number of piperidine rings is 1. The molecular formula is C30H36ClF4N7O2. The van der Waals surface area contributed by atoms with Crippen LogP contribution in [0.2, 0.25) is 5.02 Å². The van der Waals surface area contributed by atoms with Crippen LogP contribution in [-0.2, 0) is 10.9 Å². The SMILES string of the molecule is CC.CN1C(N2CCN(c3ncccc3C(F)(F)F)CC2)=CC(c2ccc(F)c(Cl)c2)=NC1N1CCC2(CC1)CNC(=O)O2. The molecule has 4 aliphatic rings. The molecule has 6 rings (SSSR count). The number of anilines is 1. The molecule has 4 aliphatic heterocycles. The van der Waals surface area contributed by atoms with Crippen LogP contribution in [0.1, 0.15) is 37.8 Å². The van der Waals surface area contributed by atoms with Crippen molar-refractivity contribution in [1.82, 2.24) is 25.0 Å². The van der Waals surface area contributed by atoms with E-state index in [2.05, 4.69) is 20.1 Å². The van der Waals surface area contributed by atoms with Crippen LogP contribution in [0.3, 0.4) is 0 Å². The zero-order valence-electron chi connectivity index (χ0n) is 24.9. The van der Waals surface area contributed by atoms with E-state index < -0.39 is 35.5 Å². The van der Waals surface area contributed by atoms with Gasteiger partial charge in [0.25, 0.3) is 0 Å². The summed E-state index contributed by atoms with van der Waals surface area (Å²) in [4.78, 5) is 28.8. The summed E-state index contributed by atoms with van der Waals surface area (Å²) in [5, 5.41) is 2.74. The fourth-order valence-electron chi connectivity index (χ4n) is 6.01. The summed E-state index contributed by atoms with van der Waals surface area (Å²) in [6.07, 6.45) is -0.728. The predicted octanol–water partition coefficient (Wildman–Crippen LogP) is 5.18. The zero-order chi connectivity index (χ0) is 31.6. The molecule has 1 unspecified atom stereocenters. The number of piperazine rings is 1. The third-order valence-corrected chi connectivity index (χ3v) is 8.63. The minimum absolute atomic E-state index is 0.0134. The van der Waals surface area contributed by atoms with Gasteiger partial charge in [-0.05, 0) is 30.3 Å². The van der Waals surface area contributed by atoms with E-state index in [9.17, 15) is 22.4 Å². The molecule has 1 amide bonds. The Kier molecular flexibility index (Phi) is 9.26. The topological polar surface area (TPSA) is 76.5 Å². The molecule has 0 aliphatic carbocycles. The van der Waals surface area contributed by atoms with Gasteiger partial charge in [0.1, 0.15) is 23.1 Å². The Morgan fingerprint density at radius 3 is 2.34 bits per heavy atom. The summed E-state index contributed by atoms with van der Waals surface area (Å²) in [6.45, 7) is 7.34. The predicted molar refractivity (Wildman–Crippen MR) is 160 cm³/mol. The van der Waals surface area contributed by atoms with Gasteiger partial charge in [-0.25, -0.2) is 19.2 Å². The number of aliphatic imine (C=N–C) groups is 1. The maximum Gasteiger partial charge on any atom is 0.419 e. The third kappa shape index (κ3) is 6.44. The Morgan fingerprint density at radius 2 is 1.73 bits per heavy atom. The molecule has 1 aromatic heterocycles. The van der Waals surface area contributed by atoms with Crippen molar-refractivity contribution < 1.29 is 27.1 Å². The number of allylic oxidation sites excluding steroid dienone is 1. The average Bonchev–Trinajstić information content (AvgIpc) is 3.39. The zero-order valence-corrected chi connectivity index (χ0v) is 25.6. The molecule has 9 nitrogen and oxygen atoms in total. The summed E-state index contributed by atoms with van der Waals surface area (Å²) < 4.78 is 60.5. The minimum Gasteiger partial charge on any atom is -0.441 e. The number of nitrogens with zero attached hydrogens (tertiary/aromatic N) is 6. The van der Waals surface area contributed by atoms with Crippen LogP contribution in [0, 0.1) is 5.82 Å². The Morgan fingerprint density at radius 1 is 1.05 bits per heavy atom. The van der Waals surface area contributed by atoms with Gasteiger partial charge >= 0.3 is 12.3 Å². The number of hydrogen-bond acceptors (Lipinski definition) is 8. The molecule has 1 aromatic carbocycles. The highest BCUT2D eigenvalue weighted by atomic mass is 35.5. The second-order valence-electron chi connectivity index (χ2n) is 10.9. The van der Waals surface area contributed by atoms with Crippen molar-refractivity contribution in [2.24, 2.45) is 4.99 Å². The summed E-state index contributed by atoms with van der Waals surface area (Å²) >= 11 is 6.11. The Hall–Kier alpha value is -3.58. The van der Waals surface area contributed by atoms with Crippen LogP contribution in [0.15, 0.2) is 53.4 Å². The standard InChI is InChI=1S/C28H30ClF4N7O2.C2H6/c1-37-23(38-11-13-39(14-12-38)24-19(28(31,32)33)3-2-8-34-24)16-22(18-4-5-21(30)20(29)15-18)36-25(37)40-9-6-27(7-10-40)17-35-26(41)42-27;1-2/h2-5,8,15-16,25H,6-7,9-14,17H2,1H3,(H,35,41);1-2H3. The van der Waals surface area contributed by atoms with Crippen molar-refractivity contribution in [1.29, 1.82) is 0 Å². The molecule has 238 valence electrons. The molecule has 3 saturated heterocycles. The van der Waals surface area contributed by atoms with E-state index in [-0.39, 0.29) is 10.8 Å². The van der Waals surface area contributed by atoms with Gasteiger partial charge in [-0.15, -0.1) is 0 Å². The first-order valence-electron chi connectivity index (χ1n) is 14.7. The lowest BCUT2D eigenvalue weighted by Gasteiger charge is -2.48. The van der Waals surface area contributed by atoms with Crippen LogP contribution in [-0.4, -0.2) is 96.2 Å². The quantitative estimate of drug-likeness (QED) is 0.464.